The van der Waals surface area contributed by atoms with Gasteiger partial charge in [-0.1, -0.05) is 11.6 Å². The van der Waals surface area contributed by atoms with Gasteiger partial charge >= 0.3 is 0 Å². The Hall–Kier alpha value is -1.20. The molecule has 5 nitrogen and oxygen atoms in total. The van der Waals surface area contributed by atoms with E-state index >= 15 is 0 Å². The lowest BCUT2D eigenvalue weighted by atomic mass is 10.3. The molecule has 0 fully saturated rings. The third kappa shape index (κ3) is 1.56. The van der Waals surface area contributed by atoms with Gasteiger partial charge in [-0.3, -0.25) is 4.40 Å². The fourth-order valence-electron chi connectivity index (χ4n) is 1.23. The van der Waals surface area contributed by atoms with Crippen LogP contribution in [0.25, 0.3) is 5.78 Å². The molecule has 14 heavy (non-hydrogen) atoms. The topological polar surface area (TPSA) is 55.1 Å². The van der Waals surface area contributed by atoms with Gasteiger partial charge < -0.3 is 5.32 Å². The van der Waals surface area contributed by atoms with E-state index in [0.717, 1.165) is 18.7 Å². The average molecular weight is 212 g/mol. The molecule has 0 spiro atoms. The van der Waals surface area contributed by atoms with Crippen LogP contribution in [0.15, 0.2) is 12.4 Å². The molecule has 0 unspecified atom stereocenters. The minimum atomic E-state index is 0.545. The van der Waals surface area contributed by atoms with Crippen LogP contribution in [-0.2, 0) is 6.42 Å². The second-order valence-electron chi connectivity index (χ2n) is 2.89. The van der Waals surface area contributed by atoms with E-state index in [4.69, 9.17) is 11.6 Å². The molecule has 0 aromatic carbocycles. The van der Waals surface area contributed by atoms with Crippen LogP contribution >= 0.6 is 11.6 Å². The molecule has 2 aromatic heterocycles. The predicted molar refractivity (Wildman–Crippen MR) is 53.4 cm³/mol. The standard InChI is InChI=1S/C8H10ClN5/c1-10-3-2-6-7(9)14-5-4-11-13-8(14)12-6/h4-5,10H,2-3H2,1H3. The van der Waals surface area contributed by atoms with E-state index in [0.29, 0.717) is 10.9 Å². The zero-order chi connectivity index (χ0) is 9.97. The number of hydrogen-bond donors (Lipinski definition) is 1. The maximum atomic E-state index is 6.10. The first-order valence-electron chi connectivity index (χ1n) is 4.31. The summed E-state index contributed by atoms with van der Waals surface area (Å²) in [6.07, 6.45) is 4.13. The Morgan fingerprint density at radius 2 is 2.43 bits per heavy atom. The molecule has 0 saturated heterocycles. The van der Waals surface area contributed by atoms with Crippen LogP contribution in [0.4, 0.5) is 0 Å². The van der Waals surface area contributed by atoms with E-state index in [1.165, 1.54) is 0 Å². The quantitative estimate of drug-likeness (QED) is 0.805. The summed E-state index contributed by atoms with van der Waals surface area (Å²) in [6, 6.07) is 0. The summed E-state index contributed by atoms with van der Waals surface area (Å²) in [5.41, 5.74) is 0.849. The van der Waals surface area contributed by atoms with Crippen LogP contribution < -0.4 is 5.32 Å². The van der Waals surface area contributed by atoms with E-state index in [9.17, 15) is 0 Å². The molecule has 0 aliphatic rings. The highest BCUT2D eigenvalue weighted by molar-refractivity contribution is 6.30. The van der Waals surface area contributed by atoms with Crippen LogP contribution in [-0.4, -0.2) is 33.2 Å². The van der Waals surface area contributed by atoms with Crippen molar-refractivity contribution in [2.75, 3.05) is 13.6 Å². The van der Waals surface area contributed by atoms with Crippen LogP contribution in [0, 0.1) is 0 Å². The van der Waals surface area contributed by atoms with Gasteiger partial charge in [0, 0.05) is 19.2 Å². The van der Waals surface area contributed by atoms with E-state index in [2.05, 4.69) is 20.5 Å². The minimum absolute atomic E-state index is 0.545. The molecular formula is C8H10ClN5. The minimum Gasteiger partial charge on any atom is -0.319 e. The van der Waals surface area contributed by atoms with E-state index < -0.39 is 0 Å². The smallest absolute Gasteiger partial charge is 0.255 e. The lowest BCUT2D eigenvalue weighted by Crippen LogP contribution is -2.10. The van der Waals surface area contributed by atoms with Gasteiger partial charge in [-0.25, -0.2) is 4.98 Å². The molecule has 74 valence electrons. The van der Waals surface area contributed by atoms with Crippen LogP contribution in [0.3, 0.4) is 0 Å². The summed E-state index contributed by atoms with van der Waals surface area (Å²) in [5.74, 6) is 0.545. The first-order valence-corrected chi connectivity index (χ1v) is 4.69. The molecule has 0 aliphatic carbocycles. The number of nitrogens with zero attached hydrogens (tertiary/aromatic N) is 4. The second-order valence-corrected chi connectivity index (χ2v) is 3.24. The Balaban J connectivity index is 2.41. The van der Waals surface area contributed by atoms with E-state index in [-0.39, 0.29) is 0 Å². The second kappa shape index (κ2) is 3.89. The number of nitrogens with one attached hydrogen (secondary N) is 1. The van der Waals surface area contributed by atoms with Crippen molar-refractivity contribution in [2.24, 2.45) is 0 Å². The summed E-state index contributed by atoms with van der Waals surface area (Å²) in [6.45, 7) is 0.844. The van der Waals surface area contributed by atoms with E-state index in [1.807, 2.05) is 7.05 Å². The molecule has 0 bridgehead atoms. The Bertz CT molecular complexity index is 438. The lowest BCUT2D eigenvalue weighted by Gasteiger charge is -1.95. The summed E-state index contributed by atoms with van der Waals surface area (Å²) in [5, 5.41) is 11.3. The number of rotatable bonds is 3. The summed E-state index contributed by atoms with van der Waals surface area (Å²) >= 11 is 6.10. The largest absolute Gasteiger partial charge is 0.319 e. The van der Waals surface area contributed by atoms with Gasteiger partial charge in [0.05, 0.1) is 11.9 Å². The van der Waals surface area contributed by atoms with Crippen LogP contribution in [0.2, 0.25) is 5.15 Å². The summed E-state index contributed by atoms with van der Waals surface area (Å²) in [4.78, 5) is 4.27. The van der Waals surface area contributed by atoms with Gasteiger partial charge in [-0.2, -0.15) is 5.10 Å². The van der Waals surface area contributed by atoms with Crippen LogP contribution in [0.5, 0.6) is 0 Å². The fourth-order valence-corrected chi connectivity index (χ4v) is 1.50. The molecule has 0 saturated carbocycles. The number of halogens is 1. The molecule has 1 N–H and O–H groups in total. The molecule has 2 aromatic rings. The first-order chi connectivity index (χ1) is 6.83. The van der Waals surface area contributed by atoms with Gasteiger partial charge in [0.25, 0.3) is 5.78 Å². The zero-order valence-corrected chi connectivity index (χ0v) is 8.49. The van der Waals surface area contributed by atoms with E-state index in [1.54, 1.807) is 16.8 Å². The van der Waals surface area contributed by atoms with Crippen molar-refractivity contribution in [1.29, 1.82) is 0 Å². The SMILES string of the molecule is CNCCc1nc2nnccn2c1Cl. The molecule has 0 atom stereocenters. The maximum Gasteiger partial charge on any atom is 0.255 e. The molecule has 0 amide bonds. The summed E-state index contributed by atoms with van der Waals surface area (Å²) in [7, 11) is 1.89. The van der Waals surface area contributed by atoms with Crippen molar-refractivity contribution in [3.63, 3.8) is 0 Å². The molecule has 2 heterocycles. The number of likely N-dealkylation sites (N-methyl/N-ethyl adjacent to an activating group) is 1. The molecule has 0 aliphatic heterocycles. The Morgan fingerprint density at radius 1 is 1.57 bits per heavy atom. The molecular weight excluding hydrogens is 202 g/mol. The normalized spacial score (nSPS) is 11.0. The molecule has 6 heteroatoms. The Kier molecular flexibility index (Phi) is 2.60. The maximum absolute atomic E-state index is 6.10. The average Bonchev–Trinajstić information content (AvgIpc) is 2.54. The number of imidazole rings is 1. The van der Waals surface area contributed by atoms with Crippen molar-refractivity contribution in [3.05, 3.63) is 23.2 Å². The van der Waals surface area contributed by atoms with Gasteiger partial charge in [-0.05, 0) is 7.05 Å². The Morgan fingerprint density at radius 3 is 3.14 bits per heavy atom. The third-order valence-electron chi connectivity index (χ3n) is 1.94. The lowest BCUT2D eigenvalue weighted by molar-refractivity contribution is 0.780. The molecule has 2 rings (SSSR count). The first kappa shape index (κ1) is 9.36. The van der Waals surface area contributed by atoms with Gasteiger partial charge in [-0.15, -0.1) is 5.10 Å². The van der Waals surface area contributed by atoms with Gasteiger partial charge in [0.15, 0.2) is 0 Å². The van der Waals surface area contributed by atoms with Crippen molar-refractivity contribution in [1.82, 2.24) is 24.9 Å². The van der Waals surface area contributed by atoms with Crippen molar-refractivity contribution in [2.45, 2.75) is 6.42 Å². The highest BCUT2D eigenvalue weighted by atomic mass is 35.5. The van der Waals surface area contributed by atoms with Gasteiger partial charge in [0.2, 0.25) is 0 Å². The monoisotopic (exact) mass is 211 g/mol. The number of hydrogen-bond acceptors (Lipinski definition) is 4. The van der Waals surface area contributed by atoms with Crippen molar-refractivity contribution < 1.29 is 0 Å². The summed E-state index contributed by atoms with van der Waals surface area (Å²) < 4.78 is 1.72. The highest BCUT2D eigenvalue weighted by Gasteiger charge is 2.09. The highest BCUT2D eigenvalue weighted by Crippen LogP contribution is 2.16. The van der Waals surface area contributed by atoms with Crippen molar-refractivity contribution >= 4 is 17.4 Å². The predicted octanol–water partition coefficient (Wildman–Crippen LogP) is 0.540. The number of fused-ring (bicyclic) bond motifs is 1. The zero-order valence-electron chi connectivity index (χ0n) is 7.74. The van der Waals surface area contributed by atoms with Crippen LogP contribution in [0.1, 0.15) is 5.69 Å². The number of aromatic nitrogens is 4. The molecule has 0 radical (unpaired) electrons. The fraction of sp³-hybridized carbons (Fsp3) is 0.375. The van der Waals surface area contributed by atoms with Gasteiger partial charge in [0.1, 0.15) is 5.15 Å². The van der Waals surface area contributed by atoms with Crippen molar-refractivity contribution in [3.8, 4) is 0 Å². The Labute approximate surface area is 86.1 Å². The third-order valence-corrected chi connectivity index (χ3v) is 2.34.